The number of nitrogens with two attached hydrogens (primary N) is 1. The molecule has 7 nitrogen and oxygen atoms in total. The van der Waals surface area contributed by atoms with Crippen molar-refractivity contribution in [2.24, 2.45) is 0 Å². The van der Waals surface area contributed by atoms with Crippen molar-refractivity contribution >= 4 is 39.9 Å². The van der Waals surface area contributed by atoms with Gasteiger partial charge in [-0.3, -0.25) is 0 Å². The molecule has 4 aromatic rings. The van der Waals surface area contributed by atoms with Gasteiger partial charge in [-0.2, -0.15) is 0 Å². The van der Waals surface area contributed by atoms with Gasteiger partial charge in [-0.25, -0.2) is 15.0 Å². The van der Waals surface area contributed by atoms with Gasteiger partial charge in [-0.1, -0.05) is 35.3 Å². The number of benzene rings is 2. The van der Waals surface area contributed by atoms with Gasteiger partial charge < -0.3 is 20.4 Å². The van der Waals surface area contributed by atoms with Crippen molar-refractivity contribution in [1.29, 1.82) is 0 Å². The second kappa shape index (κ2) is 7.75. The number of anilines is 1. The molecule has 2 aromatic carbocycles. The molecule has 5 rings (SSSR count). The highest BCUT2D eigenvalue weighted by Gasteiger charge is 2.17. The van der Waals surface area contributed by atoms with Crippen LogP contribution in [0.25, 0.3) is 22.0 Å². The van der Waals surface area contributed by atoms with E-state index in [1.165, 1.54) is 6.33 Å². The maximum Gasteiger partial charge on any atom is 0.138 e. The first-order valence-corrected chi connectivity index (χ1v) is 10.2. The van der Waals surface area contributed by atoms with E-state index in [4.69, 9.17) is 33.7 Å². The van der Waals surface area contributed by atoms with Crippen molar-refractivity contribution in [3.63, 3.8) is 0 Å². The predicted molar refractivity (Wildman–Crippen MR) is 118 cm³/mol. The third kappa shape index (κ3) is 3.35. The average Bonchev–Trinajstić information content (AvgIpc) is 3.17. The van der Waals surface area contributed by atoms with Crippen LogP contribution in [-0.2, 0) is 19.7 Å². The van der Waals surface area contributed by atoms with Crippen LogP contribution in [0.2, 0.25) is 10.0 Å². The molecular formula is C21H18Cl2N6O. The summed E-state index contributed by atoms with van der Waals surface area (Å²) in [6.07, 6.45) is 3.46. The molecule has 152 valence electrons. The Labute approximate surface area is 182 Å². The lowest BCUT2D eigenvalue weighted by Crippen LogP contribution is -2.27. The number of fused-ring (bicyclic) bond motifs is 2. The maximum atomic E-state index is 6.45. The van der Waals surface area contributed by atoms with Crippen molar-refractivity contribution in [1.82, 2.24) is 24.8 Å². The van der Waals surface area contributed by atoms with Crippen LogP contribution >= 0.6 is 23.2 Å². The molecule has 0 spiro atoms. The quantitative estimate of drug-likeness (QED) is 0.496. The van der Waals surface area contributed by atoms with E-state index in [1.807, 2.05) is 30.5 Å². The summed E-state index contributed by atoms with van der Waals surface area (Å²) in [6.45, 7) is 2.93. The highest BCUT2D eigenvalue weighted by atomic mass is 35.5. The molecule has 3 heterocycles. The molecule has 0 atom stereocenters. The largest absolute Gasteiger partial charge is 0.486 e. The summed E-state index contributed by atoms with van der Waals surface area (Å²) in [4.78, 5) is 13.2. The lowest BCUT2D eigenvalue weighted by Gasteiger charge is -2.14. The van der Waals surface area contributed by atoms with E-state index in [0.29, 0.717) is 39.1 Å². The number of hydrogen-bond acceptors (Lipinski definition) is 6. The molecule has 0 bridgehead atoms. The van der Waals surface area contributed by atoms with Crippen molar-refractivity contribution in [3.05, 3.63) is 64.4 Å². The molecular weight excluding hydrogens is 423 g/mol. The minimum atomic E-state index is 0.320. The Morgan fingerprint density at radius 3 is 2.90 bits per heavy atom. The summed E-state index contributed by atoms with van der Waals surface area (Å²) in [6, 6.07) is 9.25. The number of ether oxygens (including phenoxy) is 1. The molecule has 0 aliphatic carbocycles. The van der Waals surface area contributed by atoms with Gasteiger partial charge in [-0.05, 0) is 18.2 Å². The van der Waals surface area contributed by atoms with E-state index in [0.717, 1.165) is 42.3 Å². The summed E-state index contributed by atoms with van der Waals surface area (Å²) in [5.41, 5.74) is 9.29. The number of imidazole rings is 1. The van der Waals surface area contributed by atoms with E-state index in [2.05, 4.69) is 24.8 Å². The highest BCUT2D eigenvalue weighted by Crippen LogP contribution is 2.40. The summed E-state index contributed by atoms with van der Waals surface area (Å²) < 4.78 is 8.24. The SMILES string of the molecule is Nc1ncnc2c(-c3cccc(Cl)c3Cl)ccc(OCc3cn4c(n3)CNCC4)c12. The van der Waals surface area contributed by atoms with E-state index >= 15 is 0 Å². The van der Waals surface area contributed by atoms with E-state index in [9.17, 15) is 0 Å². The second-order valence-electron chi connectivity index (χ2n) is 7.00. The fraction of sp³-hybridized carbons (Fsp3) is 0.190. The standard InChI is InChI=1S/C21H18Cl2N6O/c22-15-3-1-2-13(19(15)23)14-4-5-16(18-20(14)26-11-27-21(18)24)30-10-12-9-29-7-6-25-8-17(29)28-12/h1-5,9,11,25H,6-8,10H2,(H2,24,26,27). The van der Waals surface area contributed by atoms with Gasteiger partial charge in [0.1, 0.15) is 30.3 Å². The smallest absolute Gasteiger partial charge is 0.138 e. The van der Waals surface area contributed by atoms with Crippen molar-refractivity contribution in [2.45, 2.75) is 19.7 Å². The van der Waals surface area contributed by atoms with Crippen LogP contribution in [0.1, 0.15) is 11.5 Å². The van der Waals surface area contributed by atoms with Gasteiger partial charge in [0.2, 0.25) is 0 Å². The molecule has 1 aliphatic rings. The number of rotatable bonds is 4. The zero-order valence-electron chi connectivity index (χ0n) is 15.9. The molecule has 0 saturated heterocycles. The minimum Gasteiger partial charge on any atom is -0.486 e. The Bertz CT molecular complexity index is 1230. The van der Waals surface area contributed by atoms with E-state index < -0.39 is 0 Å². The van der Waals surface area contributed by atoms with Gasteiger partial charge in [0, 0.05) is 30.4 Å². The van der Waals surface area contributed by atoms with Crippen LogP contribution in [0.5, 0.6) is 5.75 Å². The predicted octanol–water partition coefficient (Wildman–Crippen LogP) is 4.06. The molecule has 0 amide bonds. The molecule has 3 N–H and O–H groups in total. The van der Waals surface area contributed by atoms with Crippen molar-refractivity contribution in [3.8, 4) is 16.9 Å². The lowest BCUT2D eigenvalue weighted by atomic mass is 10.0. The molecule has 0 fully saturated rings. The van der Waals surface area contributed by atoms with Gasteiger partial charge in [0.05, 0.1) is 33.2 Å². The molecule has 1 aliphatic heterocycles. The fourth-order valence-electron chi connectivity index (χ4n) is 3.69. The van der Waals surface area contributed by atoms with Crippen LogP contribution in [0, 0.1) is 0 Å². The van der Waals surface area contributed by atoms with Gasteiger partial charge >= 0.3 is 0 Å². The number of halogens is 2. The number of hydrogen-bond donors (Lipinski definition) is 2. The topological polar surface area (TPSA) is 90.9 Å². The number of aromatic nitrogens is 4. The number of nitrogens with one attached hydrogen (secondary N) is 1. The second-order valence-corrected chi connectivity index (χ2v) is 7.79. The summed E-state index contributed by atoms with van der Waals surface area (Å²) in [7, 11) is 0. The van der Waals surface area contributed by atoms with Gasteiger partial charge in [0.15, 0.2) is 0 Å². The zero-order chi connectivity index (χ0) is 20.7. The van der Waals surface area contributed by atoms with E-state index in [1.54, 1.807) is 6.07 Å². The normalized spacial score (nSPS) is 13.4. The first-order valence-electron chi connectivity index (χ1n) is 9.48. The number of nitrogens with zero attached hydrogens (tertiary/aromatic N) is 4. The molecule has 0 unspecified atom stereocenters. The Kier molecular flexibility index (Phi) is 4.94. The van der Waals surface area contributed by atoms with Crippen molar-refractivity contribution < 1.29 is 4.74 Å². The summed E-state index contributed by atoms with van der Waals surface area (Å²) >= 11 is 12.7. The first-order chi connectivity index (χ1) is 14.6. The monoisotopic (exact) mass is 440 g/mol. The van der Waals surface area contributed by atoms with E-state index in [-0.39, 0.29) is 0 Å². The van der Waals surface area contributed by atoms with Gasteiger partial charge in [-0.15, -0.1) is 0 Å². The molecule has 30 heavy (non-hydrogen) atoms. The Morgan fingerprint density at radius 1 is 1.13 bits per heavy atom. The summed E-state index contributed by atoms with van der Waals surface area (Å²) in [5, 5.41) is 4.88. The first kappa shape index (κ1) is 19.1. The fourth-order valence-corrected chi connectivity index (χ4v) is 4.09. The minimum absolute atomic E-state index is 0.320. The van der Waals surface area contributed by atoms with Crippen LogP contribution in [-0.4, -0.2) is 26.1 Å². The molecule has 0 saturated carbocycles. The molecule has 9 heteroatoms. The molecule has 0 radical (unpaired) electrons. The third-order valence-electron chi connectivity index (χ3n) is 5.12. The van der Waals surface area contributed by atoms with Crippen LogP contribution in [0.4, 0.5) is 5.82 Å². The van der Waals surface area contributed by atoms with Crippen LogP contribution in [0.3, 0.4) is 0 Å². The average molecular weight is 441 g/mol. The zero-order valence-corrected chi connectivity index (χ0v) is 17.4. The van der Waals surface area contributed by atoms with Gasteiger partial charge in [0.25, 0.3) is 0 Å². The van der Waals surface area contributed by atoms with Crippen LogP contribution in [0.15, 0.2) is 42.9 Å². The Morgan fingerprint density at radius 2 is 2.03 bits per heavy atom. The third-order valence-corrected chi connectivity index (χ3v) is 5.94. The molecule has 2 aromatic heterocycles. The number of nitrogen functional groups attached to an aromatic ring is 1. The van der Waals surface area contributed by atoms with Crippen LogP contribution < -0.4 is 15.8 Å². The highest BCUT2D eigenvalue weighted by molar-refractivity contribution is 6.44. The Balaban J connectivity index is 1.54. The Hall–Kier alpha value is -2.87. The summed E-state index contributed by atoms with van der Waals surface area (Å²) in [5.74, 6) is 1.94. The lowest BCUT2D eigenvalue weighted by molar-refractivity contribution is 0.305. The maximum absolute atomic E-state index is 6.45. The van der Waals surface area contributed by atoms with Crippen molar-refractivity contribution in [2.75, 3.05) is 12.3 Å².